The van der Waals surface area contributed by atoms with Crippen molar-refractivity contribution in [1.29, 1.82) is 0 Å². The molecule has 2 amide bonds. The van der Waals surface area contributed by atoms with Gasteiger partial charge in [-0.1, -0.05) is 20.8 Å². The van der Waals surface area contributed by atoms with Gasteiger partial charge >= 0.3 is 0 Å². The second-order valence-electron chi connectivity index (χ2n) is 7.29. The molecule has 6 nitrogen and oxygen atoms in total. The van der Waals surface area contributed by atoms with Crippen LogP contribution in [-0.4, -0.2) is 53.8 Å². The first-order valence-corrected chi connectivity index (χ1v) is 8.02. The molecule has 1 saturated heterocycles. The average Bonchev–Trinajstić information content (AvgIpc) is 2.83. The second kappa shape index (κ2) is 7.57. The highest BCUT2D eigenvalue weighted by Crippen LogP contribution is 2.21. The number of carbonyl (C=O) groups excluding carboxylic acids is 2. The molecule has 1 aliphatic rings. The Hall–Kier alpha value is -1.53. The van der Waals surface area contributed by atoms with E-state index in [0.717, 1.165) is 5.76 Å². The molecule has 0 spiro atoms. The molecule has 0 aliphatic carbocycles. The fraction of sp³-hybridized carbons (Fsp3) is 0.647. The standard InChI is InChI=1S/C17H27N3O3.ClH/c1-11-10-13(12(2)23-11)15(21)19-6-8-20(9-7-19)16(22)14(18)17(3,4)5;/h10,14H,6-9,18H2,1-5H3;1H/t14-;/m1./s1. The lowest BCUT2D eigenvalue weighted by molar-refractivity contribution is -0.136. The van der Waals surface area contributed by atoms with Crippen molar-refractivity contribution in [2.45, 2.75) is 40.7 Å². The molecule has 1 atom stereocenters. The van der Waals surface area contributed by atoms with Crippen molar-refractivity contribution in [3.05, 3.63) is 23.2 Å². The molecule has 0 radical (unpaired) electrons. The molecule has 0 unspecified atom stereocenters. The summed E-state index contributed by atoms with van der Waals surface area (Å²) in [6.07, 6.45) is 0. The molecule has 1 aromatic rings. The van der Waals surface area contributed by atoms with E-state index in [-0.39, 0.29) is 29.6 Å². The predicted octanol–water partition coefficient (Wildman–Crippen LogP) is 1.98. The van der Waals surface area contributed by atoms with Crippen LogP contribution in [0.2, 0.25) is 0 Å². The molecule has 24 heavy (non-hydrogen) atoms. The van der Waals surface area contributed by atoms with Gasteiger partial charge < -0.3 is 20.0 Å². The summed E-state index contributed by atoms with van der Waals surface area (Å²) in [6.45, 7) is 11.6. The minimum Gasteiger partial charge on any atom is -0.466 e. The summed E-state index contributed by atoms with van der Waals surface area (Å²) in [6, 6.07) is 1.24. The van der Waals surface area contributed by atoms with Crippen molar-refractivity contribution < 1.29 is 14.0 Å². The van der Waals surface area contributed by atoms with Crippen LogP contribution in [0.3, 0.4) is 0 Å². The van der Waals surface area contributed by atoms with Crippen molar-refractivity contribution in [3.8, 4) is 0 Å². The second-order valence-corrected chi connectivity index (χ2v) is 7.29. The maximum Gasteiger partial charge on any atom is 0.257 e. The fourth-order valence-corrected chi connectivity index (χ4v) is 2.71. The normalized spacial score (nSPS) is 16.6. The average molecular weight is 358 g/mol. The number of nitrogens with two attached hydrogens (primary N) is 1. The minimum atomic E-state index is -0.525. The van der Waals surface area contributed by atoms with E-state index < -0.39 is 6.04 Å². The molecule has 1 aliphatic heterocycles. The smallest absolute Gasteiger partial charge is 0.257 e. The summed E-state index contributed by atoms with van der Waals surface area (Å²) in [4.78, 5) is 28.5. The molecule has 136 valence electrons. The quantitative estimate of drug-likeness (QED) is 0.877. The monoisotopic (exact) mass is 357 g/mol. The number of amides is 2. The first-order chi connectivity index (χ1) is 10.6. The third-order valence-corrected chi connectivity index (χ3v) is 4.35. The van der Waals surface area contributed by atoms with Gasteiger partial charge in [0.1, 0.15) is 11.5 Å². The summed E-state index contributed by atoms with van der Waals surface area (Å²) in [7, 11) is 0. The van der Waals surface area contributed by atoms with Crippen molar-refractivity contribution in [1.82, 2.24) is 9.80 Å². The van der Waals surface area contributed by atoms with Crippen LogP contribution in [-0.2, 0) is 4.79 Å². The Kier molecular flexibility index (Phi) is 6.47. The number of piperazine rings is 1. The van der Waals surface area contributed by atoms with E-state index >= 15 is 0 Å². The molecule has 2 N–H and O–H groups in total. The SMILES string of the molecule is Cc1cc(C(=O)N2CCN(C(=O)[C@@H](N)C(C)(C)C)CC2)c(C)o1.Cl. The lowest BCUT2D eigenvalue weighted by Gasteiger charge is -2.38. The number of hydrogen-bond acceptors (Lipinski definition) is 4. The molecule has 1 aromatic heterocycles. The Morgan fingerprint density at radius 2 is 1.62 bits per heavy atom. The van der Waals surface area contributed by atoms with Crippen molar-refractivity contribution >= 4 is 24.2 Å². The summed E-state index contributed by atoms with van der Waals surface area (Å²) in [5.74, 6) is 1.29. The predicted molar refractivity (Wildman–Crippen MR) is 95.3 cm³/mol. The van der Waals surface area contributed by atoms with Crippen LogP contribution in [0.1, 0.15) is 42.6 Å². The number of rotatable bonds is 2. The van der Waals surface area contributed by atoms with Crippen molar-refractivity contribution in [3.63, 3.8) is 0 Å². The number of furan rings is 1. The molecular weight excluding hydrogens is 330 g/mol. The zero-order valence-electron chi connectivity index (χ0n) is 15.1. The Bertz CT molecular complexity index is 599. The van der Waals surface area contributed by atoms with Gasteiger partial charge in [-0.25, -0.2) is 0 Å². The summed E-state index contributed by atoms with van der Waals surface area (Å²) in [5.41, 5.74) is 6.39. The van der Waals surface area contributed by atoms with Crippen LogP contribution in [0.25, 0.3) is 0 Å². The highest BCUT2D eigenvalue weighted by molar-refractivity contribution is 5.95. The maximum absolute atomic E-state index is 12.5. The summed E-state index contributed by atoms with van der Waals surface area (Å²) >= 11 is 0. The minimum absolute atomic E-state index is 0. The molecule has 0 aromatic carbocycles. The zero-order chi connectivity index (χ0) is 17.4. The van der Waals surface area contributed by atoms with E-state index in [9.17, 15) is 9.59 Å². The van der Waals surface area contributed by atoms with Crippen LogP contribution in [0.15, 0.2) is 10.5 Å². The topological polar surface area (TPSA) is 79.8 Å². The van der Waals surface area contributed by atoms with Crippen LogP contribution >= 0.6 is 12.4 Å². The third kappa shape index (κ3) is 4.30. The molecule has 2 heterocycles. The lowest BCUT2D eigenvalue weighted by Crippen LogP contribution is -2.57. The van der Waals surface area contributed by atoms with E-state index in [0.29, 0.717) is 37.5 Å². The van der Waals surface area contributed by atoms with Gasteiger partial charge in [-0.15, -0.1) is 12.4 Å². The zero-order valence-corrected chi connectivity index (χ0v) is 15.9. The number of aryl methyl sites for hydroxylation is 2. The Balaban J connectivity index is 0.00000288. The molecule has 0 saturated carbocycles. The number of carbonyl (C=O) groups is 2. The molecular formula is C17H28ClN3O3. The van der Waals surface area contributed by atoms with Gasteiger partial charge in [-0.05, 0) is 25.3 Å². The van der Waals surface area contributed by atoms with E-state index in [1.807, 2.05) is 27.7 Å². The lowest BCUT2D eigenvalue weighted by atomic mass is 9.86. The molecule has 0 bridgehead atoms. The fourth-order valence-electron chi connectivity index (χ4n) is 2.71. The molecule has 2 rings (SSSR count). The summed E-state index contributed by atoms with van der Waals surface area (Å²) < 4.78 is 5.43. The van der Waals surface area contributed by atoms with Crippen LogP contribution in [0.4, 0.5) is 0 Å². The Labute approximate surface area is 149 Å². The van der Waals surface area contributed by atoms with E-state index in [4.69, 9.17) is 10.2 Å². The highest BCUT2D eigenvalue weighted by atomic mass is 35.5. The van der Waals surface area contributed by atoms with E-state index in [1.165, 1.54) is 0 Å². The first-order valence-electron chi connectivity index (χ1n) is 8.02. The first kappa shape index (κ1) is 20.5. The highest BCUT2D eigenvalue weighted by Gasteiger charge is 2.33. The molecule has 1 fully saturated rings. The van der Waals surface area contributed by atoms with Crippen LogP contribution < -0.4 is 5.73 Å². The van der Waals surface area contributed by atoms with E-state index in [2.05, 4.69) is 0 Å². The van der Waals surface area contributed by atoms with Gasteiger partial charge in [0.15, 0.2) is 0 Å². The van der Waals surface area contributed by atoms with Crippen molar-refractivity contribution in [2.75, 3.05) is 26.2 Å². The third-order valence-electron chi connectivity index (χ3n) is 4.35. The van der Waals surface area contributed by atoms with Gasteiger partial charge in [0.05, 0.1) is 11.6 Å². The Morgan fingerprint density at radius 1 is 1.12 bits per heavy atom. The molecule has 7 heteroatoms. The van der Waals surface area contributed by atoms with Gasteiger partial charge in [-0.2, -0.15) is 0 Å². The van der Waals surface area contributed by atoms with Crippen LogP contribution in [0, 0.1) is 19.3 Å². The number of nitrogens with zero attached hydrogens (tertiary/aromatic N) is 2. The Morgan fingerprint density at radius 3 is 2.04 bits per heavy atom. The summed E-state index contributed by atoms with van der Waals surface area (Å²) in [5, 5.41) is 0. The van der Waals surface area contributed by atoms with Gasteiger partial charge in [0.25, 0.3) is 5.91 Å². The van der Waals surface area contributed by atoms with Gasteiger partial charge in [-0.3, -0.25) is 9.59 Å². The van der Waals surface area contributed by atoms with Crippen LogP contribution in [0.5, 0.6) is 0 Å². The van der Waals surface area contributed by atoms with Gasteiger partial charge in [0.2, 0.25) is 5.91 Å². The van der Waals surface area contributed by atoms with E-state index in [1.54, 1.807) is 22.8 Å². The number of hydrogen-bond donors (Lipinski definition) is 1. The largest absolute Gasteiger partial charge is 0.466 e. The van der Waals surface area contributed by atoms with Crippen molar-refractivity contribution in [2.24, 2.45) is 11.1 Å². The maximum atomic E-state index is 12.5. The van der Waals surface area contributed by atoms with Gasteiger partial charge in [0, 0.05) is 26.2 Å². The number of halogens is 1.